The van der Waals surface area contributed by atoms with E-state index in [4.69, 9.17) is 0 Å². The first-order chi connectivity index (χ1) is 5.74. The van der Waals surface area contributed by atoms with Crippen LogP contribution in [0.5, 0.6) is 0 Å². The van der Waals surface area contributed by atoms with E-state index in [9.17, 15) is 4.79 Å². The highest BCUT2D eigenvalue weighted by Gasteiger charge is 2.03. The van der Waals surface area contributed by atoms with Gasteiger partial charge in [0.15, 0.2) is 0 Å². The third-order valence-corrected chi connectivity index (χ3v) is 1.82. The van der Waals surface area contributed by atoms with Gasteiger partial charge in [0, 0.05) is 0 Å². The zero-order valence-electron chi connectivity index (χ0n) is 7.83. The number of carbonyl (C=O) groups is 1. The minimum Gasteiger partial charge on any atom is -0.469 e. The molecule has 0 saturated heterocycles. The van der Waals surface area contributed by atoms with Crippen molar-refractivity contribution in [1.82, 2.24) is 0 Å². The fourth-order valence-electron chi connectivity index (χ4n) is 1.04. The standard InChI is InChI=1S/C10H12O2.H2O/c1-8-5-3-4-6-9(8)7-10(11)12-2;/h3-6H,7H2,1-2H3;1H2. The summed E-state index contributed by atoms with van der Waals surface area (Å²) in [5.41, 5.74) is 2.16. The topological polar surface area (TPSA) is 57.8 Å². The number of carbonyl (C=O) groups excluding carboxylic acids is 1. The van der Waals surface area contributed by atoms with Crippen molar-refractivity contribution in [2.75, 3.05) is 7.11 Å². The van der Waals surface area contributed by atoms with E-state index in [0.717, 1.165) is 11.1 Å². The molecule has 3 nitrogen and oxygen atoms in total. The van der Waals surface area contributed by atoms with E-state index in [-0.39, 0.29) is 11.4 Å². The highest BCUT2D eigenvalue weighted by atomic mass is 16.5. The predicted molar refractivity (Wildman–Crippen MR) is 50.5 cm³/mol. The number of ether oxygens (including phenoxy) is 1. The van der Waals surface area contributed by atoms with Crippen LogP contribution in [0, 0.1) is 6.92 Å². The van der Waals surface area contributed by atoms with Crippen LogP contribution in [0.15, 0.2) is 24.3 Å². The van der Waals surface area contributed by atoms with Gasteiger partial charge < -0.3 is 10.2 Å². The van der Waals surface area contributed by atoms with Crippen molar-refractivity contribution < 1.29 is 15.0 Å². The molecule has 13 heavy (non-hydrogen) atoms. The summed E-state index contributed by atoms with van der Waals surface area (Å²) in [5, 5.41) is 0. The molecule has 0 unspecified atom stereocenters. The third kappa shape index (κ3) is 3.25. The van der Waals surface area contributed by atoms with Crippen molar-refractivity contribution in [3.8, 4) is 0 Å². The van der Waals surface area contributed by atoms with Gasteiger partial charge in [-0.3, -0.25) is 4.79 Å². The Morgan fingerprint density at radius 3 is 2.54 bits per heavy atom. The molecule has 0 fully saturated rings. The molecule has 0 aliphatic heterocycles. The molecule has 0 spiro atoms. The van der Waals surface area contributed by atoms with Gasteiger partial charge in [0.2, 0.25) is 0 Å². The second kappa shape index (κ2) is 5.32. The van der Waals surface area contributed by atoms with Crippen LogP contribution in [0.2, 0.25) is 0 Å². The number of hydrogen-bond donors (Lipinski definition) is 0. The molecule has 3 heteroatoms. The number of rotatable bonds is 2. The van der Waals surface area contributed by atoms with E-state index in [1.54, 1.807) is 0 Å². The van der Waals surface area contributed by atoms with E-state index >= 15 is 0 Å². The largest absolute Gasteiger partial charge is 0.469 e. The SMILES string of the molecule is COC(=O)Cc1ccccc1C.O. The fraction of sp³-hybridized carbons (Fsp3) is 0.300. The number of esters is 1. The van der Waals surface area contributed by atoms with E-state index < -0.39 is 0 Å². The molecule has 0 aromatic heterocycles. The lowest BCUT2D eigenvalue weighted by Crippen LogP contribution is -2.05. The summed E-state index contributed by atoms with van der Waals surface area (Å²) in [6.45, 7) is 1.98. The first-order valence-electron chi connectivity index (χ1n) is 3.85. The smallest absolute Gasteiger partial charge is 0.309 e. The van der Waals surface area contributed by atoms with Gasteiger partial charge in [-0.05, 0) is 18.1 Å². The van der Waals surface area contributed by atoms with Crippen LogP contribution < -0.4 is 0 Å². The molecule has 0 atom stereocenters. The van der Waals surface area contributed by atoms with Gasteiger partial charge in [-0.1, -0.05) is 24.3 Å². The van der Waals surface area contributed by atoms with E-state index in [1.807, 2.05) is 31.2 Å². The molecule has 0 bridgehead atoms. The number of benzene rings is 1. The summed E-state index contributed by atoms with van der Waals surface area (Å²) >= 11 is 0. The lowest BCUT2D eigenvalue weighted by molar-refractivity contribution is -0.139. The molecule has 0 amide bonds. The van der Waals surface area contributed by atoms with Gasteiger partial charge in [-0.25, -0.2) is 0 Å². The van der Waals surface area contributed by atoms with Gasteiger partial charge in [-0.2, -0.15) is 0 Å². The number of methoxy groups -OCH3 is 1. The Morgan fingerprint density at radius 2 is 2.00 bits per heavy atom. The molecule has 1 aromatic rings. The van der Waals surface area contributed by atoms with Crippen LogP contribution in [-0.2, 0) is 16.0 Å². The van der Waals surface area contributed by atoms with Crippen LogP contribution in [0.3, 0.4) is 0 Å². The first kappa shape index (κ1) is 11.6. The average molecular weight is 182 g/mol. The summed E-state index contributed by atoms with van der Waals surface area (Å²) in [4.78, 5) is 10.9. The molecular weight excluding hydrogens is 168 g/mol. The maximum atomic E-state index is 10.9. The van der Waals surface area contributed by atoms with E-state index in [2.05, 4.69) is 4.74 Å². The molecule has 0 heterocycles. The van der Waals surface area contributed by atoms with Crippen molar-refractivity contribution in [3.05, 3.63) is 35.4 Å². The van der Waals surface area contributed by atoms with Crippen molar-refractivity contribution in [1.29, 1.82) is 0 Å². The summed E-state index contributed by atoms with van der Waals surface area (Å²) in [7, 11) is 1.40. The zero-order chi connectivity index (χ0) is 8.97. The number of aryl methyl sites for hydroxylation is 1. The summed E-state index contributed by atoms with van der Waals surface area (Å²) < 4.78 is 4.57. The molecular formula is C10H14O3. The van der Waals surface area contributed by atoms with Gasteiger partial charge in [0.05, 0.1) is 13.5 Å². The quantitative estimate of drug-likeness (QED) is 0.637. The zero-order valence-corrected chi connectivity index (χ0v) is 7.83. The second-order valence-electron chi connectivity index (χ2n) is 2.68. The van der Waals surface area contributed by atoms with Gasteiger partial charge in [0.25, 0.3) is 0 Å². The maximum Gasteiger partial charge on any atom is 0.309 e. The minimum atomic E-state index is -0.190. The molecule has 2 N–H and O–H groups in total. The van der Waals surface area contributed by atoms with Gasteiger partial charge in [0.1, 0.15) is 0 Å². The monoisotopic (exact) mass is 182 g/mol. The van der Waals surface area contributed by atoms with Gasteiger partial charge in [-0.15, -0.1) is 0 Å². The Labute approximate surface area is 77.6 Å². The molecule has 1 aromatic carbocycles. The lowest BCUT2D eigenvalue weighted by atomic mass is 10.1. The molecule has 0 aliphatic carbocycles. The van der Waals surface area contributed by atoms with E-state index in [0.29, 0.717) is 6.42 Å². The normalized spacial score (nSPS) is 8.77. The minimum absolute atomic E-state index is 0. The Balaban J connectivity index is 0.00000144. The third-order valence-electron chi connectivity index (χ3n) is 1.82. The van der Waals surface area contributed by atoms with Crippen LogP contribution in [0.25, 0.3) is 0 Å². The van der Waals surface area contributed by atoms with Crippen molar-refractivity contribution in [2.24, 2.45) is 0 Å². The Kier molecular flexibility index (Phi) is 4.77. The molecule has 0 aliphatic rings. The van der Waals surface area contributed by atoms with Crippen molar-refractivity contribution >= 4 is 5.97 Å². The molecule has 0 saturated carbocycles. The average Bonchev–Trinajstić information content (AvgIpc) is 2.09. The highest BCUT2D eigenvalue weighted by Crippen LogP contribution is 2.07. The van der Waals surface area contributed by atoms with Crippen LogP contribution in [-0.4, -0.2) is 18.6 Å². The van der Waals surface area contributed by atoms with Crippen molar-refractivity contribution in [3.63, 3.8) is 0 Å². The Morgan fingerprint density at radius 1 is 1.38 bits per heavy atom. The second-order valence-corrected chi connectivity index (χ2v) is 2.68. The Bertz CT molecular complexity index is 281. The summed E-state index contributed by atoms with van der Waals surface area (Å²) in [6, 6.07) is 7.80. The summed E-state index contributed by atoms with van der Waals surface area (Å²) in [5.74, 6) is -0.190. The fourth-order valence-corrected chi connectivity index (χ4v) is 1.04. The maximum absolute atomic E-state index is 10.9. The highest BCUT2D eigenvalue weighted by molar-refractivity contribution is 5.72. The van der Waals surface area contributed by atoms with Crippen LogP contribution in [0.4, 0.5) is 0 Å². The molecule has 1 rings (SSSR count). The molecule has 72 valence electrons. The first-order valence-corrected chi connectivity index (χ1v) is 3.85. The van der Waals surface area contributed by atoms with Crippen LogP contribution in [0.1, 0.15) is 11.1 Å². The molecule has 0 radical (unpaired) electrons. The van der Waals surface area contributed by atoms with E-state index in [1.165, 1.54) is 7.11 Å². The Hall–Kier alpha value is -1.35. The number of hydrogen-bond acceptors (Lipinski definition) is 2. The van der Waals surface area contributed by atoms with Gasteiger partial charge >= 0.3 is 5.97 Å². The predicted octanol–water partition coefficient (Wildman–Crippen LogP) is 0.886. The lowest BCUT2D eigenvalue weighted by Gasteiger charge is -2.02. The summed E-state index contributed by atoms with van der Waals surface area (Å²) in [6.07, 6.45) is 0.364. The van der Waals surface area contributed by atoms with Crippen molar-refractivity contribution in [2.45, 2.75) is 13.3 Å². The van der Waals surface area contributed by atoms with Crippen LogP contribution >= 0.6 is 0 Å².